The van der Waals surface area contributed by atoms with Crippen LogP contribution in [0.3, 0.4) is 0 Å². The van der Waals surface area contributed by atoms with Gasteiger partial charge >= 0.3 is 0 Å². The van der Waals surface area contributed by atoms with Crippen LogP contribution in [0.5, 0.6) is 0 Å². The molecule has 25 heavy (non-hydrogen) atoms. The number of aliphatic hydroxyl groups excluding tert-OH is 1. The summed E-state index contributed by atoms with van der Waals surface area (Å²) in [6, 6.07) is 0. The summed E-state index contributed by atoms with van der Waals surface area (Å²) < 4.78 is 6.51. The second kappa shape index (κ2) is 4.83. The van der Waals surface area contributed by atoms with Crippen molar-refractivity contribution < 1.29 is 9.84 Å². The second-order valence-corrected chi connectivity index (χ2v) is 11.0. The van der Waals surface area contributed by atoms with E-state index in [4.69, 9.17) is 4.74 Å². The lowest BCUT2D eigenvalue weighted by Crippen LogP contribution is -2.71. The Kier molecular flexibility index (Phi) is 3.07. The molecule has 0 amide bonds. The minimum Gasteiger partial charge on any atom is -0.392 e. The molecule has 4 aliphatic carbocycles. The maximum Gasteiger partial charge on any atom is 0.117 e. The fourth-order valence-electron chi connectivity index (χ4n) is 9.71. The minimum absolute atomic E-state index is 0.0645. The first-order chi connectivity index (χ1) is 12.0. The summed E-state index contributed by atoms with van der Waals surface area (Å²) in [5.41, 5.74) is 1.03. The van der Waals surface area contributed by atoms with Gasteiger partial charge in [-0.05, 0) is 74.0 Å². The molecule has 2 saturated heterocycles. The smallest absolute Gasteiger partial charge is 0.117 e. The first kappa shape index (κ1) is 15.9. The van der Waals surface area contributed by atoms with Gasteiger partial charge in [0.05, 0.1) is 12.7 Å². The van der Waals surface area contributed by atoms with Gasteiger partial charge in [0.1, 0.15) is 6.23 Å². The molecule has 4 bridgehead atoms. The molecule has 3 nitrogen and oxygen atoms in total. The second-order valence-electron chi connectivity index (χ2n) is 11.0. The molecule has 140 valence electrons. The van der Waals surface area contributed by atoms with E-state index in [0.29, 0.717) is 28.9 Å². The van der Waals surface area contributed by atoms with E-state index in [2.05, 4.69) is 18.7 Å². The highest BCUT2D eigenvalue weighted by molar-refractivity contribution is 5.21. The summed E-state index contributed by atoms with van der Waals surface area (Å²) in [5, 5.41) is 11.4. The largest absolute Gasteiger partial charge is 0.392 e. The van der Waals surface area contributed by atoms with E-state index in [-0.39, 0.29) is 11.5 Å². The standard InChI is InChI=1S/C22H35NO2/c1-14-15-4-5-17-21(12-15,18(14)24)9-6-16-20(2)7-3-8-22(16,17)19-23(13-20)10-11-25-19/h14-19,24H,3-13H2,1-2H3/t14-,15-,16-,17-,18+,19?,20+,21-,22+/m1/s1. The number of fused-ring (bicyclic) bond motifs is 2. The molecule has 0 aromatic rings. The third-order valence-corrected chi connectivity index (χ3v) is 10.4. The van der Waals surface area contributed by atoms with E-state index >= 15 is 0 Å². The van der Waals surface area contributed by atoms with Gasteiger partial charge in [0.25, 0.3) is 0 Å². The van der Waals surface area contributed by atoms with Crippen molar-refractivity contribution in [2.24, 2.45) is 39.9 Å². The summed E-state index contributed by atoms with van der Waals surface area (Å²) in [4.78, 5) is 2.71. The van der Waals surface area contributed by atoms with Crippen LogP contribution in [0.15, 0.2) is 0 Å². The average molecular weight is 346 g/mol. The Labute approximate surface area is 152 Å². The van der Waals surface area contributed by atoms with Gasteiger partial charge in [-0.15, -0.1) is 0 Å². The molecular weight excluding hydrogens is 310 g/mol. The Morgan fingerprint density at radius 1 is 1.08 bits per heavy atom. The van der Waals surface area contributed by atoms with Gasteiger partial charge in [-0.25, -0.2) is 0 Å². The van der Waals surface area contributed by atoms with E-state index in [1.54, 1.807) is 0 Å². The maximum atomic E-state index is 11.4. The van der Waals surface area contributed by atoms with Gasteiger partial charge in [0, 0.05) is 23.9 Å². The number of aliphatic hydroxyl groups is 1. The number of hydrogen-bond donors (Lipinski definition) is 1. The summed E-state index contributed by atoms with van der Waals surface area (Å²) in [6.07, 6.45) is 11.1. The van der Waals surface area contributed by atoms with Gasteiger partial charge in [-0.1, -0.05) is 20.3 Å². The topological polar surface area (TPSA) is 32.7 Å². The van der Waals surface area contributed by atoms with Crippen LogP contribution >= 0.6 is 0 Å². The van der Waals surface area contributed by atoms with Crippen molar-refractivity contribution in [3.63, 3.8) is 0 Å². The molecule has 1 N–H and O–H groups in total. The van der Waals surface area contributed by atoms with Crippen molar-refractivity contribution >= 4 is 0 Å². The van der Waals surface area contributed by atoms with Gasteiger partial charge in [0.15, 0.2) is 0 Å². The molecule has 9 atom stereocenters. The highest BCUT2D eigenvalue weighted by Gasteiger charge is 2.73. The van der Waals surface area contributed by atoms with Crippen molar-refractivity contribution in [3.8, 4) is 0 Å². The summed E-state index contributed by atoms with van der Waals surface area (Å²) in [7, 11) is 0. The van der Waals surface area contributed by atoms with Crippen LogP contribution in [-0.4, -0.2) is 42.0 Å². The number of nitrogens with zero attached hydrogens (tertiary/aromatic N) is 1. The third kappa shape index (κ3) is 1.66. The Bertz CT molecular complexity index is 595. The van der Waals surface area contributed by atoms with Crippen molar-refractivity contribution in [1.82, 2.24) is 4.90 Å². The van der Waals surface area contributed by atoms with Crippen LogP contribution in [0.2, 0.25) is 0 Å². The van der Waals surface area contributed by atoms with E-state index in [1.807, 2.05) is 0 Å². The molecule has 1 unspecified atom stereocenters. The molecule has 6 rings (SSSR count). The van der Waals surface area contributed by atoms with E-state index in [9.17, 15) is 5.11 Å². The fourth-order valence-corrected chi connectivity index (χ4v) is 9.71. The first-order valence-electron chi connectivity index (χ1n) is 11.1. The predicted molar refractivity (Wildman–Crippen MR) is 96.9 cm³/mol. The lowest BCUT2D eigenvalue weighted by Gasteiger charge is -2.71. The molecule has 3 heteroatoms. The molecule has 6 fully saturated rings. The van der Waals surface area contributed by atoms with Crippen LogP contribution in [0.4, 0.5) is 0 Å². The zero-order chi connectivity index (χ0) is 17.0. The summed E-state index contributed by atoms with van der Waals surface area (Å²) in [6.45, 7) is 8.25. The Hall–Kier alpha value is -0.120. The van der Waals surface area contributed by atoms with Gasteiger partial charge in [-0.3, -0.25) is 4.90 Å². The molecular formula is C22H35NO2. The SMILES string of the molecule is C[C@@H]1[C@@H]2CC[C@@H]3[C@@](CC[C@@H]4[C@@]5(C)CCC[C@]43C3OCCN3C5)(C2)[C@H]1O. The van der Waals surface area contributed by atoms with Crippen LogP contribution in [0.1, 0.15) is 65.2 Å². The van der Waals surface area contributed by atoms with Gasteiger partial charge < -0.3 is 9.84 Å². The quantitative estimate of drug-likeness (QED) is 0.727. The van der Waals surface area contributed by atoms with Crippen LogP contribution < -0.4 is 0 Å². The van der Waals surface area contributed by atoms with Crippen LogP contribution in [0, 0.1) is 39.9 Å². The number of rotatable bonds is 0. The van der Waals surface area contributed by atoms with Crippen molar-refractivity contribution in [3.05, 3.63) is 0 Å². The Morgan fingerprint density at radius 2 is 1.96 bits per heavy atom. The van der Waals surface area contributed by atoms with Crippen molar-refractivity contribution in [2.45, 2.75) is 77.5 Å². The third-order valence-electron chi connectivity index (χ3n) is 10.4. The monoisotopic (exact) mass is 345 g/mol. The van der Waals surface area contributed by atoms with E-state index < -0.39 is 0 Å². The predicted octanol–water partition coefficient (Wildman–Crippen LogP) is 3.66. The molecule has 0 aromatic heterocycles. The number of ether oxygens (including phenoxy) is 1. The Morgan fingerprint density at radius 3 is 2.84 bits per heavy atom. The Balaban J connectivity index is 1.52. The molecule has 2 aliphatic heterocycles. The highest BCUT2D eigenvalue weighted by atomic mass is 16.5. The van der Waals surface area contributed by atoms with Crippen LogP contribution in [-0.2, 0) is 4.74 Å². The van der Waals surface area contributed by atoms with Crippen molar-refractivity contribution in [2.75, 3.05) is 19.7 Å². The molecule has 4 saturated carbocycles. The summed E-state index contributed by atoms with van der Waals surface area (Å²) in [5.74, 6) is 2.80. The van der Waals surface area contributed by atoms with Gasteiger partial charge in [-0.2, -0.15) is 0 Å². The first-order valence-corrected chi connectivity index (χ1v) is 11.1. The lowest BCUT2D eigenvalue weighted by atomic mass is 9.38. The maximum absolute atomic E-state index is 11.4. The highest BCUT2D eigenvalue weighted by Crippen LogP contribution is 2.75. The fraction of sp³-hybridized carbons (Fsp3) is 1.00. The normalized spacial score (nSPS) is 63.0. The molecule has 1 spiro atoms. The molecule has 2 heterocycles. The van der Waals surface area contributed by atoms with Gasteiger partial charge in [0.2, 0.25) is 0 Å². The summed E-state index contributed by atoms with van der Waals surface area (Å²) >= 11 is 0. The lowest BCUT2D eigenvalue weighted by molar-refractivity contribution is -0.277. The zero-order valence-corrected chi connectivity index (χ0v) is 16.0. The zero-order valence-electron chi connectivity index (χ0n) is 16.0. The number of hydrogen-bond acceptors (Lipinski definition) is 3. The van der Waals surface area contributed by atoms with Crippen molar-refractivity contribution in [1.29, 1.82) is 0 Å². The molecule has 6 aliphatic rings. The minimum atomic E-state index is -0.0645. The number of piperidine rings is 1. The molecule has 0 aromatic carbocycles. The van der Waals surface area contributed by atoms with E-state index in [0.717, 1.165) is 25.0 Å². The van der Waals surface area contributed by atoms with E-state index in [1.165, 1.54) is 57.9 Å². The van der Waals surface area contributed by atoms with Crippen LogP contribution in [0.25, 0.3) is 0 Å². The average Bonchev–Trinajstić information content (AvgIpc) is 3.12. The molecule has 0 radical (unpaired) electrons.